The highest BCUT2D eigenvalue weighted by Crippen LogP contribution is 2.40. The number of rotatable bonds is 5. The molecule has 120 valence electrons. The van der Waals surface area contributed by atoms with Gasteiger partial charge in [0.15, 0.2) is 5.38 Å². The van der Waals surface area contributed by atoms with Crippen molar-refractivity contribution in [2.75, 3.05) is 0 Å². The summed E-state index contributed by atoms with van der Waals surface area (Å²) in [6.45, 7) is 0. The van der Waals surface area contributed by atoms with Crippen LogP contribution >= 0.6 is 34.8 Å². The summed E-state index contributed by atoms with van der Waals surface area (Å²) in [6, 6.07) is 14.5. The normalized spacial score (nSPS) is 12.5. The Morgan fingerprint density at radius 1 is 1.00 bits per heavy atom. The van der Waals surface area contributed by atoms with Gasteiger partial charge < -0.3 is 9.84 Å². The van der Waals surface area contributed by atoms with Crippen LogP contribution in [-0.2, 0) is 13.9 Å². The molecule has 0 saturated heterocycles. The van der Waals surface area contributed by atoms with Crippen LogP contribution in [0.2, 0.25) is 0 Å². The third kappa shape index (κ3) is 3.96. The number of alkyl halides is 3. The predicted octanol–water partition coefficient (Wildman–Crippen LogP) is 4.29. The van der Waals surface area contributed by atoms with E-state index in [1.165, 1.54) is 18.2 Å². The minimum absolute atomic E-state index is 0.0545. The maximum absolute atomic E-state index is 12.2. The zero-order valence-electron chi connectivity index (χ0n) is 11.6. The van der Waals surface area contributed by atoms with Gasteiger partial charge in [0, 0.05) is 5.56 Å². The number of carbonyl (C=O) groups excluding carboxylic acids is 1. The van der Waals surface area contributed by atoms with Gasteiger partial charge in [-0.05, 0) is 11.6 Å². The van der Waals surface area contributed by atoms with Crippen molar-refractivity contribution in [2.45, 2.75) is 9.71 Å². The Kier molecular flexibility index (Phi) is 5.52. The van der Waals surface area contributed by atoms with E-state index in [1.807, 2.05) is 0 Å². The molecule has 1 unspecified atom stereocenters. The minimum atomic E-state index is -2.24. The molecule has 0 aliphatic heterocycles. The molecule has 0 amide bonds. The van der Waals surface area contributed by atoms with Crippen LogP contribution in [0, 0.1) is 0 Å². The fourth-order valence-electron chi connectivity index (χ4n) is 1.85. The Morgan fingerprint density at radius 2 is 1.57 bits per heavy atom. The predicted molar refractivity (Wildman–Crippen MR) is 88.1 cm³/mol. The fourth-order valence-corrected chi connectivity index (χ4v) is 2.35. The molecule has 0 saturated carbocycles. The van der Waals surface area contributed by atoms with Crippen molar-refractivity contribution >= 4 is 46.7 Å². The number of carbonyl (C=O) groups is 2. The zero-order chi connectivity index (χ0) is 17.0. The highest BCUT2D eigenvalue weighted by molar-refractivity contribution is 6.56. The first-order valence-corrected chi connectivity index (χ1v) is 7.64. The SMILES string of the molecule is O=C(Oc1ccccc1C(Cl)(Cl)C(=O)O)C(Cl)c1ccccc1. The van der Waals surface area contributed by atoms with Crippen LogP contribution < -0.4 is 4.74 Å². The van der Waals surface area contributed by atoms with Crippen LogP contribution in [0.3, 0.4) is 0 Å². The molecule has 2 rings (SSSR count). The van der Waals surface area contributed by atoms with Gasteiger partial charge in [-0.25, -0.2) is 9.59 Å². The van der Waals surface area contributed by atoms with E-state index < -0.39 is 21.6 Å². The van der Waals surface area contributed by atoms with Crippen LogP contribution in [-0.4, -0.2) is 17.0 Å². The second-order valence-electron chi connectivity index (χ2n) is 4.57. The number of hydrogen-bond donors (Lipinski definition) is 1. The molecule has 0 aliphatic rings. The molecule has 4 nitrogen and oxygen atoms in total. The van der Waals surface area contributed by atoms with Crippen molar-refractivity contribution in [1.29, 1.82) is 0 Å². The number of aliphatic carboxylic acids is 1. The second-order valence-corrected chi connectivity index (χ2v) is 6.33. The summed E-state index contributed by atoms with van der Waals surface area (Å²) in [4.78, 5) is 23.4. The molecule has 0 aliphatic carbocycles. The molecule has 1 atom stereocenters. The average molecular weight is 374 g/mol. The summed E-state index contributed by atoms with van der Waals surface area (Å²) in [7, 11) is 0. The molecule has 2 aromatic rings. The van der Waals surface area contributed by atoms with Crippen molar-refractivity contribution in [1.82, 2.24) is 0 Å². The highest BCUT2D eigenvalue weighted by Gasteiger charge is 2.39. The summed E-state index contributed by atoms with van der Waals surface area (Å²) in [6.07, 6.45) is 0. The first-order valence-electron chi connectivity index (χ1n) is 6.45. The zero-order valence-corrected chi connectivity index (χ0v) is 13.8. The van der Waals surface area contributed by atoms with Crippen LogP contribution in [0.25, 0.3) is 0 Å². The van der Waals surface area contributed by atoms with E-state index in [4.69, 9.17) is 44.6 Å². The molecule has 0 bridgehead atoms. The van der Waals surface area contributed by atoms with Gasteiger partial charge in [0.1, 0.15) is 5.75 Å². The summed E-state index contributed by atoms with van der Waals surface area (Å²) in [5.41, 5.74) is 0.499. The maximum atomic E-state index is 12.2. The second kappa shape index (κ2) is 7.21. The van der Waals surface area contributed by atoms with Crippen molar-refractivity contribution in [3.05, 3.63) is 65.7 Å². The first kappa shape index (κ1) is 17.6. The molecule has 1 N–H and O–H groups in total. The Morgan fingerprint density at radius 3 is 2.17 bits per heavy atom. The van der Waals surface area contributed by atoms with E-state index in [-0.39, 0.29) is 11.3 Å². The first-order chi connectivity index (χ1) is 10.8. The minimum Gasteiger partial charge on any atom is -0.479 e. The lowest BCUT2D eigenvalue weighted by Crippen LogP contribution is -2.25. The van der Waals surface area contributed by atoms with Crippen molar-refractivity contribution in [3.63, 3.8) is 0 Å². The molecule has 0 aromatic heterocycles. The maximum Gasteiger partial charge on any atom is 0.345 e. The number of para-hydroxylation sites is 1. The van der Waals surface area contributed by atoms with Gasteiger partial charge in [0.05, 0.1) is 0 Å². The van der Waals surface area contributed by atoms with Gasteiger partial charge in [0.2, 0.25) is 4.33 Å². The topological polar surface area (TPSA) is 63.6 Å². The van der Waals surface area contributed by atoms with Gasteiger partial charge in [-0.2, -0.15) is 0 Å². The van der Waals surface area contributed by atoms with Crippen molar-refractivity contribution in [3.8, 4) is 5.75 Å². The summed E-state index contributed by atoms with van der Waals surface area (Å²) >= 11 is 17.7. The number of benzene rings is 2. The molecule has 7 heteroatoms. The van der Waals surface area contributed by atoms with Gasteiger partial charge in [-0.15, -0.1) is 11.6 Å². The van der Waals surface area contributed by atoms with Crippen LogP contribution in [0.15, 0.2) is 54.6 Å². The fraction of sp³-hybridized carbons (Fsp3) is 0.125. The highest BCUT2D eigenvalue weighted by atomic mass is 35.5. The molecule has 0 spiro atoms. The van der Waals surface area contributed by atoms with Crippen LogP contribution in [0.4, 0.5) is 0 Å². The lowest BCUT2D eigenvalue weighted by atomic mass is 10.1. The lowest BCUT2D eigenvalue weighted by molar-refractivity contribution is -0.138. The standard InChI is InChI=1S/C16H11Cl3O4/c17-13(10-6-2-1-3-7-10)14(20)23-12-9-5-4-8-11(12)16(18,19)15(21)22/h1-9,13H,(H,21,22). The van der Waals surface area contributed by atoms with Gasteiger partial charge in [-0.1, -0.05) is 71.7 Å². The molecule has 0 fully saturated rings. The van der Waals surface area contributed by atoms with E-state index in [9.17, 15) is 9.59 Å². The summed E-state index contributed by atoms with van der Waals surface area (Å²) < 4.78 is 2.95. The van der Waals surface area contributed by atoms with E-state index in [0.29, 0.717) is 5.56 Å². The molecule has 0 radical (unpaired) electrons. The smallest absolute Gasteiger partial charge is 0.345 e. The van der Waals surface area contributed by atoms with E-state index in [2.05, 4.69) is 0 Å². The van der Waals surface area contributed by atoms with Crippen LogP contribution in [0.1, 0.15) is 16.5 Å². The molecule has 23 heavy (non-hydrogen) atoms. The monoisotopic (exact) mass is 372 g/mol. The van der Waals surface area contributed by atoms with E-state index in [0.717, 1.165) is 0 Å². The molecule has 0 heterocycles. The average Bonchev–Trinajstić information content (AvgIpc) is 2.55. The number of carboxylic acid groups (broad SMARTS) is 1. The number of hydrogen-bond acceptors (Lipinski definition) is 3. The number of halogens is 3. The van der Waals surface area contributed by atoms with E-state index >= 15 is 0 Å². The summed E-state index contributed by atoms with van der Waals surface area (Å²) in [5, 5.41) is 8.06. The van der Waals surface area contributed by atoms with Crippen molar-refractivity contribution in [2.24, 2.45) is 0 Å². The molecular weight excluding hydrogens is 363 g/mol. The Bertz CT molecular complexity index is 716. The van der Waals surface area contributed by atoms with Crippen molar-refractivity contribution < 1.29 is 19.4 Å². The number of esters is 1. The number of ether oxygens (including phenoxy) is 1. The quantitative estimate of drug-likeness (QED) is 0.482. The summed E-state index contributed by atoms with van der Waals surface area (Å²) in [5.74, 6) is -2.30. The Balaban J connectivity index is 2.27. The molecular formula is C16H11Cl3O4. The Hall–Kier alpha value is -1.75. The lowest BCUT2D eigenvalue weighted by Gasteiger charge is -2.19. The van der Waals surface area contributed by atoms with Gasteiger partial charge in [0.25, 0.3) is 0 Å². The molecule has 2 aromatic carbocycles. The third-order valence-electron chi connectivity index (χ3n) is 3.00. The van der Waals surface area contributed by atoms with Gasteiger partial charge in [-0.3, -0.25) is 0 Å². The van der Waals surface area contributed by atoms with E-state index in [1.54, 1.807) is 36.4 Å². The third-order valence-corrected chi connectivity index (χ3v) is 4.16. The number of carboxylic acids is 1. The van der Waals surface area contributed by atoms with Gasteiger partial charge >= 0.3 is 11.9 Å². The van der Waals surface area contributed by atoms with Crippen LogP contribution in [0.5, 0.6) is 5.75 Å². The Labute approximate surface area is 147 Å². The largest absolute Gasteiger partial charge is 0.479 e.